The topological polar surface area (TPSA) is 85.9 Å². The van der Waals surface area contributed by atoms with Crippen LogP contribution < -0.4 is 20.1 Å². The van der Waals surface area contributed by atoms with Crippen LogP contribution in [0.25, 0.3) is 0 Å². The Morgan fingerprint density at radius 2 is 1.92 bits per heavy atom. The van der Waals surface area contributed by atoms with E-state index in [1.54, 1.807) is 32.4 Å². The fourth-order valence-corrected chi connectivity index (χ4v) is 3.44. The van der Waals surface area contributed by atoms with E-state index in [9.17, 15) is 9.59 Å². The van der Waals surface area contributed by atoms with Gasteiger partial charge >= 0.3 is 0 Å². The predicted molar refractivity (Wildman–Crippen MR) is 90.6 cm³/mol. The van der Waals surface area contributed by atoms with E-state index in [0.717, 1.165) is 31.2 Å². The van der Waals surface area contributed by atoms with Gasteiger partial charge in [-0.2, -0.15) is 0 Å². The van der Waals surface area contributed by atoms with Crippen LogP contribution in [0.5, 0.6) is 11.5 Å². The van der Waals surface area contributed by atoms with Crippen LogP contribution in [0.3, 0.4) is 0 Å². The van der Waals surface area contributed by atoms with Gasteiger partial charge in [-0.15, -0.1) is 0 Å². The molecule has 2 N–H and O–H groups in total. The van der Waals surface area contributed by atoms with E-state index in [1.807, 2.05) is 0 Å². The SMILES string of the molecule is COc1ccc(C2NC(=O)COC2C(=O)NC2CCCC2)cc1OC. The van der Waals surface area contributed by atoms with E-state index in [1.165, 1.54) is 0 Å². The molecule has 1 aliphatic heterocycles. The molecule has 2 atom stereocenters. The number of carbonyl (C=O) groups is 2. The molecule has 1 aromatic rings. The second-order valence-electron chi connectivity index (χ2n) is 6.38. The Morgan fingerprint density at radius 3 is 2.60 bits per heavy atom. The Balaban J connectivity index is 1.82. The molecule has 0 bridgehead atoms. The first-order valence-corrected chi connectivity index (χ1v) is 8.55. The second kappa shape index (κ2) is 7.74. The maximum Gasteiger partial charge on any atom is 0.251 e. The van der Waals surface area contributed by atoms with E-state index in [0.29, 0.717) is 11.5 Å². The third-order valence-electron chi connectivity index (χ3n) is 4.74. The van der Waals surface area contributed by atoms with Crippen LogP contribution in [-0.2, 0) is 14.3 Å². The molecule has 0 aromatic heterocycles. The van der Waals surface area contributed by atoms with Crippen LogP contribution >= 0.6 is 0 Å². The van der Waals surface area contributed by atoms with Crippen molar-refractivity contribution < 1.29 is 23.8 Å². The van der Waals surface area contributed by atoms with Gasteiger partial charge in [0.15, 0.2) is 17.6 Å². The highest BCUT2D eigenvalue weighted by molar-refractivity contribution is 5.86. The lowest BCUT2D eigenvalue weighted by Crippen LogP contribution is -2.53. The van der Waals surface area contributed by atoms with Crippen molar-refractivity contribution in [2.24, 2.45) is 0 Å². The zero-order valence-electron chi connectivity index (χ0n) is 14.5. The van der Waals surface area contributed by atoms with Crippen LogP contribution in [-0.4, -0.2) is 44.8 Å². The summed E-state index contributed by atoms with van der Waals surface area (Å²) in [5.41, 5.74) is 0.734. The molecular weight excluding hydrogens is 324 g/mol. The molecule has 136 valence electrons. The number of benzene rings is 1. The molecular formula is C18H24N2O5. The van der Waals surface area contributed by atoms with Gasteiger partial charge in [0.2, 0.25) is 5.91 Å². The standard InChI is InChI=1S/C18H24N2O5/c1-23-13-8-7-11(9-14(13)24-2)16-17(25-10-15(21)20-16)18(22)19-12-5-3-4-6-12/h7-9,12,16-17H,3-6,10H2,1-2H3,(H,19,22)(H,20,21). The van der Waals surface area contributed by atoms with Crippen LogP contribution in [0.4, 0.5) is 0 Å². The summed E-state index contributed by atoms with van der Waals surface area (Å²) in [5, 5.41) is 5.90. The van der Waals surface area contributed by atoms with E-state index in [4.69, 9.17) is 14.2 Å². The monoisotopic (exact) mass is 348 g/mol. The molecule has 1 saturated carbocycles. The number of hydrogen-bond donors (Lipinski definition) is 2. The van der Waals surface area contributed by atoms with Crippen molar-refractivity contribution in [2.75, 3.05) is 20.8 Å². The minimum absolute atomic E-state index is 0.119. The van der Waals surface area contributed by atoms with Gasteiger partial charge in [-0.1, -0.05) is 18.9 Å². The molecule has 25 heavy (non-hydrogen) atoms. The fraction of sp³-hybridized carbons (Fsp3) is 0.556. The zero-order valence-corrected chi connectivity index (χ0v) is 14.5. The van der Waals surface area contributed by atoms with E-state index < -0.39 is 12.1 Å². The minimum atomic E-state index is -0.767. The van der Waals surface area contributed by atoms with Gasteiger partial charge < -0.3 is 24.8 Å². The van der Waals surface area contributed by atoms with E-state index in [-0.39, 0.29) is 24.5 Å². The number of methoxy groups -OCH3 is 2. The quantitative estimate of drug-likeness (QED) is 0.838. The number of morpholine rings is 1. The Hall–Kier alpha value is -2.28. The largest absolute Gasteiger partial charge is 0.493 e. The summed E-state index contributed by atoms with van der Waals surface area (Å²) in [6.45, 7) is -0.119. The first-order valence-electron chi connectivity index (χ1n) is 8.55. The Kier molecular flexibility index (Phi) is 5.43. The third kappa shape index (κ3) is 3.87. The van der Waals surface area contributed by atoms with Crippen LogP contribution in [0.2, 0.25) is 0 Å². The maximum atomic E-state index is 12.7. The van der Waals surface area contributed by atoms with Crippen molar-refractivity contribution in [1.29, 1.82) is 0 Å². The average Bonchev–Trinajstić information content (AvgIpc) is 3.13. The Bertz CT molecular complexity index is 642. The lowest BCUT2D eigenvalue weighted by atomic mass is 9.98. The van der Waals surface area contributed by atoms with Gasteiger partial charge in [0.1, 0.15) is 6.61 Å². The summed E-state index contributed by atoms with van der Waals surface area (Å²) in [6.07, 6.45) is 3.48. The van der Waals surface area contributed by atoms with Crippen molar-refractivity contribution in [2.45, 2.75) is 43.9 Å². The summed E-state index contributed by atoms with van der Waals surface area (Å²) < 4.78 is 16.1. The molecule has 0 spiro atoms. The lowest BCUT2D eigenvalue weighted by molar-refractivity contribution is -0.148. The number of rotatable bonds is 5. The zero-order chi connectivity index (χ0) is 17.8. The first kappa shape index (κ1) is 17.5. The molecule has 3 rings (SSSR count). The molecule has 2 fully saturated rings. The highest BCUT2D eigenvalue weighted by Gasteiger charge is 2.37. The molecule has 1 aliphatic carbocycles. The number of amides is 2. The third-order valence-corrected chi connectivity index (χ3v) is 4.74. The van der Waals surface area contributed by atoms with Gasteiger partial charge in [-0.3, -0.25) is 9.59 Å². The molecule has 1 heterocycles. The first-order chi connectivity index (χ1) is 12.1. The molecule has 1 saturated heterocycles. The molecule has 2 amide bonds. The number of hydrogen-bond acceptors (Lipinski definition) is 5. The van der Waals surface area contributed by atoms with Crippen molar-refractivity contribution in [1.82, 2.24) is 10.6 Å². The molecule has 0 radical (unpaired) electrons. The summed E-state index contributed by atoms with van der Waals surface area (Å²) >= 11 is 0. The summed E-state index contributed by atoms with van der Waals surface area (Å²) in [4.78, 5) is 24.5. The van der Waals surface area contributed by atoms with Crippen molar-refractivity contribution in [3.8, 4) is 11.5 Å². The van der Waals surface area contributed by atoms with Crippen molar-refractivity contribution in [3.63, 3.8) is 0 Å². The molecule has 2 aliphatic rings. The summed E-state index contributed by atoms with van der Waals surface area (Å²) in [6, 6.07) is 4.94. The number of carbonyl (C=O) groups excluding carboxylic acids is 2. The van der Waals surface area contributed by atoms with Gasteiger partial charge in [0, 0.05) is 6.04 Å². The van der Waals surface area contributed by atoms with Gasteiger partial charge in [0.05, 0.1) is 20.3 Å². The maximum absolute atomic E-state index is 12.7. The highest BCUT2D eigenvalue weighted by atomic mass is 16.5. The number of ether oxygens (including phenoxy) is 3. The molecule has 1 aromatic carbocycles. The number of nitrogens with one attached hydrogen (secondary N) is 2. The predicted octanol–water partition coefficient (Wildman–Crippen LogP) is 1.32. The summed E-state index contributed by atoms with van der Waals surface area (Å²) in [7, 11) is 3.10. The smallest absolute Gasteiger partial charge is 0.251 e. The average molecular weight is 348 g/mol. The summed E-state index contributed by atoms with van der Waals surface area (Å²) in [5.74, 6) is 0.687. The van der Waals surface area contributed by atoms with Crippen molar-refractivity contribution in [3.05, 3.63) is 23.8 Å². The molecule has 7 heteroatoms. The Morgan fingerprint density at radius 1 is 1.20 bits per heavy atom. The highest BCUT2D eigenvalue weighted by Crippen LogP contribution is 2.32. The van der Waals surface area contributed by atoms with Crippen LogP contribution in [0.1, 0.15) is 37.3 Å². The fourth-order valence-electron chi connectivity index (χ4n) is 3.44. The van der Waals surface area contributed by atoms with E-state index in [2.05, 4.69) is 10.6 Å². The van der Waals surface area contributed by atoms with Gasteiger partial charge in [-0.05, 0) is 30.5 Å². The minimum Gasteiger partial charge on any atom is -0.493 e. The van der Waals surface area contributed by atoms with Gasteiger partial charge in [-0.25, -0.2) is 0 Å². The second-order valence-corrected chi connectivity index (χ2v) is 6.38. The Labute approximate surface area is 147 Å². The van der Waals surface area contributed by atoms with E-state index >= 15 is 0 Å². The van der Waals surface area contributed by atoms with Crippen LogP contribution in [0, 0.1) is 0 Å². The van der Waals surface area contributed by atoms with Crippen LogP contribution in [0.15, 0.2) is 18.2 Å². The lowest BCUT2D eigenvalue weighted by Gasteiger charge is -2.32. The van der Waals surface area contributed by atoms with Crippen molar-refractivity contribution >= 4 is 11.8 Å². The van der Waals surface area contributed by atoms with Gasteiger partial charge in [0.25, 0.3) is 5.91 Å². The molecule has 7 nitrogen and oxygen atoms in total. The normalized spacial score (nSPS) is 23.8. The molecule has 2 unspecified atom stereocenters.